The molecule has 146 valence electrons. The van der Waals surface area contributed by atoms with Gasteiger partial charge in [-0.05, 0) is 73.2 Å². The standard InChI is InChI=1S/C28H24N2/c1-19-7-11-23(12-8-19)29-27-15-16-28(30-24-13-9-20(2)10-14-24)26-18-22-6-4-3-5-21(22)17-25(26)27/h3-18,29-30H,1-2H3. The van der Waals surface area contributed by atoms with Crippen molar-refractivity contribution in [1.82, 2.24) is 0 Å². The van der Waals surface area contributed by atoms with Crippen LogP contribution in [0.1, 0.15) is 11.1 Å². The molecule has 0 fully saturated rings. The zero-order valence-electron chi connectivity index (χ0n) is 17.2. The highest BCUT2D eigenvalue weighted by atomic mass is 14.9. The Labute approximate surface area is 177 Å². The Morgan fingerprint density at radius 3 is 1.27 bits per heavy atom. The average molecular weight is 389 g/mol. The van der Waals surface area contributed by atoms with Crippen molar-refractivity contribution < 1.29 is 0 Å². The van der Waals surface area contributed by atoms with E-state index in [2.05, 4.69) is 122 Å². The van der Waals surface area contributed by atoms with Crippen LogP contribution in [-0.4, -0.2) is 0 Å². The molecule has 0 bridgehead atoms. The summed E-state index contributed by atoms with van der Waals surface area (Å²) >= 11 is 0. The van der Waals surface area contributed by atoms with E-state index in [1.54, 1.807) is 0 Å². The molecular formula is C28H24N2. The van der Waals surface area contributed by atoms with Crippen LogP contribution in [-0.2, 0) is 0 Å². The number of nitrogens with one attached hydrogen (secondary N) is 2. The van der Waals surface area contributed by atoms with E-state index in [4.69, 9.17) is 0 Å². The van der Waals surface area contributed by atoms with E-state index in [9.17, 15) is 0 Å². The second-order valence-electron chi connectivity index (χ2n) is 7.89. The number of hydrogen-bond donors (Lipinski definition) is 2. The zero-order valence-corrected chi connectivity index (χ0v) is 17.2. The van der Waals surface area contributed by atoms with Gasteiger partial charge in [-0.2, -0.15) is 0 Å². The molecule has 2 heteroatoms. The van der Waals surface area contributed by atoms with E-state index in [0.717, 1.165) is 22.7 Å². The molecule has 0 spiro atoms. The van der Waals surface area contributed by atoms with E-state index >= 15 is 0 Å². The number of benzene rings is 5. The summed E-state index contributed by atoms with van der Waals surface area (Å²) in [7, 11) is 0. The molecule has 5 aromatic carbocycles. The van der Waals surface area contributed by atoms with Crippen LogP contribution in [0.4, 0.5) is 22.7 Å². The van der Waals surface area contributed by atoms with Gasteiger partial charge in [-0.1, -0.05) is 59.7 Å². The normalized spacial score (nSPS) is 11.0. The van der Waals surface area contributed by atoms with Crippen molar-refractivity contribution in [2.45, 2.75) is 13.8 Å². The highest BCUT2D eigenvalue weighted by molar-refractivity contribution is 6.10. The number of fused-ring (bicyclic) bond motifs is 2. The minimum absolute atomic E-state index is 1.09. The Bertz CT molecular complexity index is 1230. The molecule has 0 saturated heterocycles. The van der Waals surface area contributed by atoms with Gasteiger partial charge in [-0.3, -0.25) is 0 Å². The predicted octanol–water partition coefficient (Wildman–Crippen LogP) is 8.10. The van der Waals surface area contributed by atoms with E-state index in [1.165, 1.54) is 32.7 Å². The third-order valence-electron chi connectivity index (χ3n) is 5.54. The first kappa shape index (κ1) is 18.3. The SMILES string of the molecule is Cc1ccc(Nc2ccc(Nc3ccc(C)cc3)c3cc4ccccc4cc23)cc1. The van der Waals surface area contributed by atoms with Gasteiger partial charge in [-0.15, -0.1) is 0 Å². The van der Waals surface area contributed by atoms with Crippen LogP contribution >= 0.6 is 0 Å². The Morgan fingerprint density at radius 1 is 0.467 bits per heavy atom. The lowest BCUT2D eigenvalue weighted by atomic mass is 10.0. The number of aryl methyl sites for hydroxylation is 2. The van der Waals surface area contributed by atoms with Gasteiger partial charge in [0.1, 0.15) is 0 Å². The second-order valence-corrected chi connectivity index (χ2v) is 7.89. The minimum atomic E-state index is 1.09. The lowest BCUT2D eigenvalue weighted by Crippen LogP contribution is -1.96. The minimum Gasteiger partial charge on any atom is -0.355 e. The first-order chi connectivity index (χ1) is 14.7. The maximum atomic E-state index is 3.61. The van der Waals surface area contributed by atoms with Gasteiger partial charge in [-0.25, -0.2) is 0 Å². The van der Waals surface area contributed by atoms with E-state index in [1.807, 2.05) is 0 Å². The van der Waals surface area contributed by atoms with Crippen molar-refractivity contribution in [3.63, 3.8) is 0 Å². The third kappa shape index (κ3) is 3.60. The van der Waals surface area contributed by atoms with Crippen LogP contribution in [0, 0.1) is 13.8 Å². The average Bonchev–Trinajstić information content (AvgIpc) is 2.77. The van der Waals surface area contributed by atoms with Crippen molar-refractivity contribution in [2.24, 2.45) is 0 Å². The van der Waals surface area contributed by atoms with Gasteiger partial charge >= 0.3 is 0 Å². The summed E-state index contributed by atoms with van der Waals surface area (Å²) in [5.41, 5.74) is 6.91. The van der Waals surface area contributed by atoms with Crippen molar-refractivity contribution >= 4 is 44.3 Å². The van der Waals surface area contributed by atoms with Crippen LogP contribution < -0.4 is 10.6 Å². The fourth-order valence-electron chi connectivity index (χ4n) is 3.83. The van der Waals surface area contributed by atoms with Gasteiger partial charge < -0.3 is 10.6 Å². The van der Waals surface area contributed by atoms with Crippen molar-refractivity contribution in [3.05, 3.63) is 108 Å². The van der Waals surface area contributed by atoms with E-state index < -0.39 is 0 Å². The zero-order chi connectivity index (χ0) is 20.5. The molecule has 0 unspecified atom stereocenters. The molecule has 2 N–H and O–H groups in total. The Kier molecular flexibility index (Phi) is 4.61. The van der Waals surface area contributed by atoms with Gasteiger partial charge in [0.15, 0.2) is 0 Å². The molecule has 0 aliphatic rings. The summed E-state index contributed by atoms with van der Waals surface area (Å²) in [4.78, 5) is 0. The molecule has 2 nitrogen and oxygen atoms in total. The van der Waals surface area contributed by atoms with Crippen LogP contribution in [0.5, 0.6) is 0 Å². The molecule has 0 aromatic heterocycles. The summed E-state index contributed by atoms with van der Waals surface area (Å²) in [5, 5.41) is 12.1. The quantitative estimate of drug-likeness (QED) is 0.304. The summed E-state index contributed by atoms with van der Waals surface area (Å²) < 4.78 is 0. The Morgan fingerprint density at radius 2 is 0.867 bits per heavy atom. The van der Waals surface area contributed by atoms with Crippen molar-refractivity contribution in [2.75, 3.05) is 10.6 Å². The Hall–Kier alpha value is -3.78. The van der Waals surface area contributed by atoms with Crippen LogP contribution in [0.25, 0.3) is 21.5 Å². The number of hydrogen-bond acceptors (Lipinski definition) is 2. The maximum Gasteiger partial charge on any atom is 0.0465 e. The molecule has 0 aliphatic heterocycles. The summed E-state index contributed by atoms with van der Waals surface area (Å²) in [6, 6.07) is 34.4. The highest BCUT2D eigenvalue weighted by Crippen LogP contribution is 2.36. The molecule has 5 aromatic rings. The summed E-state index contributed by atoms with van der Waals surface area (Å²) in [6.07, 6.45) is 0. The molecule has 0 aliphatic carbocycles. The number of anilines is 4. The smallest absolute Gasteiger partial charge is 0.0465 e. The lowest BCUT2D eigenvalue weighted by Gasteiger charge is -2.16. The molecular weight excluding hydrogens is 364 g/mol. The fourth-order valence-corrected chi connectivity index (χ4v) is 3.83. The maximum absolute atomic E-state index is 3.61. The molecule has 0 saturated carbocycles. The molecule has 5 rings (SSSR count). The van der Waals surface area contributed by atoms with Gasteiger partial charge in [0, 0.05) is 33.5 Å². The van der Waals surface area contributed by atoms with Gasteiger partial charge in [0.25, 0.3) is 0 Å². The lowest BCUT2D eigenvalue weighted by molar-refractivity contribution is 1.45. The molecule has 0 heterocycles. The van der Waals surface area contributed by atoms with E-state index in [0.29, 0.717) is 0 Å². The van der Waals surface area contributed by atoms with Crippen LogP contribution in [0.3, 0.4) is 0 Å². The van der Waals surface area contributed by atoms with Crippen molar-refractivity contribution in [1.29, 1.82) is 0 Å². The number of rotatable bonds is 4. The summed E-state index contributed by atoms with van der Waals surface area (Å²) in [6.45, 7) is 4.22. The van der Waals surface area contributed by atoms with Gasteiger partial charge in [0.2, 0.25) is 0 Å². The molecule has 30 heavy (non-hydrogen) atoms. The van der Waals surface area contributed by atoms with Crippen molar-refractivity contribution in [3.8, 4) is 0 Å². The topological polar surface area (TPSA) is 24.1 Å². The van der Waals surface area contributed by atoms with Crippen LogP contribution in [0.2, 0.25) is 0 Å². The largest absolute Gasteiger partial charge is 0.355 e. The van der Waals surface area contributed by atoms with Crippen LogP contribution in [0.15, 0.2) is 97.1 Å². The molecule has 0 amide bonds. The highest BCUT2D eigenvalue weighted by Gasteiger charge is 2.09. The first-order valence-corrected chi connectivity index (χ1v) is 10.3. The monoisotopic (exact) mass is 388 g/mol. The first-order valence-electron chi connectivity index (χ1n) is 10.3. The predicted molar refractivity (Wildman–Crippen MR) is 130 cm³/mol. The summed E-state index contributed by atoms with van der Waals surface area (Å²) in [5.74, 6) is 0. The second kappa shape index (κ2) is 7.57. The molecule has 0 radical (unpaired) electrons. The molecule has 0 atom stereocenters. The van der Waals surface area contributed by atoms with Gasteiger partial charge in [0.05, 0.1) is 0 Å². The van der Waals surface area contributed by atoms with E-state index in [-0.39, 0.29) is 0 Å². The fraction of sp³-hybridized carbons (Fsp3) is 0.0714. The third-order valence-corrected chi connectivity index (χ3v) is 5.54. The Balaban J connectivity index is 1.64.